The molecule has 140 valence electrons. The standard InChI is InChI=1S/C19H25N3O3S/c23-22(24)18-6-2-1-5-17(18)19-8-7-16(26-19)15-20-9-3-4-10-21-11-13-25-14-12-21/h1-2,5-8,20H,3-4,9-15H2. The Morgan fingerprint density at radius 2 is 1.96 bits per heavy atom. The number of rotatable bonds is 9. The summed E-state index contributed by atoms with van der Waals surface area (Å²) in [7, 11) is 0. The molecule has 2 heterocycles. The normalized spacial score (nSPS) is 15.2. The van der Waals surface area contributed by atoms with Crippen LogP contribution in [0, 0.1) is 10.1 Å². The summed E-state index contributed by atoms with van der Waals surface area (Å²) in [5, 5.41) is 14.7. The molecule has 1 saturated heterocycles. The van der Waals surface area contributed by atoms with E-state index in [1.54, 1.807) is 23.5 Å². The third kappa shape index (κ3) is 5.35. The zero-order chi connectivity index (χ0) is 18.2. The predicted octanol–water partition coefficient (Wildman–Crippen LogP) is 3.53. The number of nitro benzene ring substituents is 1. The average Bonchev–Trinajstić information content (AvgIpc) is 3.14. The summed E-state index contributed by atoms with van der Waals surface area (Å²) in [5.41, 5.74) is 0.858. The number of nitrogens with one attached hydrogen (secondary N) is 1. The first kappa shape index (κ1) is 19.0. The fourth-order valence-corrected chi connectivity index (χ4v) is 4.09. The number of hydrogen-bond acceptors (Lipinski definition) is 6. The average molecular weight is 375 g/mol. The van der Waals surface area contributed by atoms with Gasteiger partial charge in [-0.2, -0.15) is 0 Å². The van der Waals surface area contributed by atoms with Crippen molar-refractivity contribution >= 4 is 17.0 Å². The van der Waals surface area contributed by atoms with Gasteiger partial charge in [0, 0.05) is 35.5 Å². The Morgan fingerprint density at radius 3 is 2.77 bits per heavy atom. The van der Waals surface area contributed by atoms with Crippen LogP contribution >= 0.6 is 11.3 Å². The summed E-state index contributed by atoms with van der Waals surface area (Å²) >= 11 is 1.62. The smallest absolute Gasteiger partial charge is 0.278 e. The second kappa shape index (κ2) is 9.78. The molecule has 1 aliphatic rings. The Labute approximate surface area is 157 Å². The minimum Gasteiger partial charge on any atom is -0.379 e. The van der Waals surface area contributed by atoms with E-state index in [1.807, 2.05) is 18.2 Å². The Balaban J connectivity index is 1.41. The number of thiophene rings is 1. The van der Waals surface area contributed by atoms with E-state index in [1.165, 1.54) is 11.3 Å². The Bertz CT molecular complexity index is 714. The van der Waals surface area contributed by atoms with Crippen molar-refractivity contribution in [1.29, 1.82) is 0 Å². The number of morpholine rings is 1. The molecular formula is C19H25N3O3S. The lowest BCUT2D eigenvalue weighted by Crippen LogP contribution is -2.37. The van der Waals surface area contributed by atoms with Gasteiger partial charge in [-0.25, -0.2) is 0 Å². The van der Waals surface area contributed by atoms with Gasteiger partial charge in [-0.05, 0) is 44.1 Å². The highest BCUT2D eigenvalue weighted by Crippen LogP contribution is 2.34. The number of nitrogens with zero attached hydrogens (tertiary/aromatic N) is 2. The minimum atomic E-state index is -0.318. The highest BCUT2D eigenvalue weighted by Gasteiger charge is 2.15. The quantitative estimate of drug-likeness (QED) is 0.413. The van der Waals surface area contributed by atoms with Crippen LogP contribution in [0.25, 0.3) is 10.4 Å². The van der Waals surface area contributed by atoms with Crippen molar-refractivity contribution in [3.8, 4) is 10.4 Å². The molecule has 0 aliphatic carbocycles. The molecule has 6 nitrogen and oxygen atoms in total. The molecule has 1 fully saturated rings. The fraction of sp³-hybridized carbons (Fsp3) is 0.474. The first-order valence-electron chi connectivity index (χ1n) is 9.07. The number of unbranched alkanes of at least 4 members (excludes halogenated alkanes) is 1. The minimum absolute atomic E-state index is 0.164. The van der Waals surface area contributed by atoms with Gasteiger partial charge in [-0.15, -0.1) is 11.3 Å². The van der Waals surface area contributed by atoms with Gasteiger partial charge in [-0.3, -0.25) is 15.0 Å². The summed E-state index contributed by atoms with van der Waals surface area (Å²) < 4.78 is 5.36. The van der Waals surface area contributed by atoms with Crippen LogP contribution < -0.4 is 5.32 Å². The van der Waals surface area contributed by atoms with Crippen LogP contribution in [0.5, 0.6) is 0 Å². The second-order valence-corrected chi connectivity index (χ2v) is 7.55. The summed E-state index contributed by atoms with van der Waals surface area (Å²) in [6.45, 7) is 6.77. The van der Waals surface area contributed by atoms with E-state index >= 15 is 0 Å². The summed E-state index contributed by atoms with van der Waals surface area (Å²) in [4.78, 5) is 15.5. The van der Waals surface area contributed by atoms with Gasteiger partial charge in [0.25, 0.3) is 5.69 Å². The first-order valence-corrected chi connectivity index (χ1v) is 9.89. The van der Waals surface area contributed by atoms with Crippen LogP contribution in [-0.4, -0.2) is 49.2 Å². The van der Waals surface area contributed by atoms with Crippen molar-refractivity contribution < 1.29 is 9.66 Å². The van der Waals surface area contributed by atoms with Gasteiger partial charge in [0.2, 0.25) is 0 Å². The Kier molecular flexibility index (Phi) is 7.13. The van der Waals surface area contributed by atoms with Crippen LogP contribution in [0.15, 0.2) is 36.4 Å². The predicted molar refractivity (Wildman–Crippen MR) is 105 cm³/mol. The van der Waals surface area contributed by atoms with Crippen LogP contribution in [0.2, 0.25) is 0 Å². The van der Waals surface area contributed by atoms with E-state index in [-0.39, 0.29) is 10.6 Å². The number of nitro groups is 1. The van der Waals surface area contributed by atoms with E-state index in [0.717, 1.165) is 57.2 Å². The summed E-state index contributed by atoms with van der Waals surface area (Å²) in [6, 6.07) is 10.9. The van der Waals surface area contributed by atoms with Crippen molar-refractivity contribution in [2.24, 2.45) is 0 Å². The van der Waals surface area contributed by atoms with E-state index < -0.39 is 0 Å². The van der Waals surface area contributed by atoms with Gasteiger partial charge in [0.1, 0.15) is 0 Å². The summed E-state index contributed by atoms with van der Waals surface area (Å²) in [6.07, 6.45) is 2.35. The third-order valence-corrected chi connectivity index (χ3v) is 5.63. The monoisotopic (exact) mass is 375 g/mol. The van der Waals surface area contributed by atoms with Crippen LogP contribution in [-0.2, 0) is 11.3 Å². The maximum atomic E-state index is 11.2. The summed E-state index contributed by atoms with van der Waals surface area (Å²) in [5.74, 6) is 0. The molecule has 0 radical (unpaired) electrons. The number of benzene rings is 1. The lowest BCUT2D eigenvalue weighted by atomic mass is 10.1. The molecule has 0 unspecified atom stereocenters. The van der Waals surface area contributed by atoms with E-state index in [9.17, 15) is 10.1 Å². The Hall–Kier alpha value is -1.80. The molecule has 7 heteroatoms. The molecule has 26 heavy (non-hydrogen) atoms. The molecule has 1 aromatic heterocycles. The first-order chi connectivity index (χ1) is 12.7. The van der Waals surface area contributed by atoms with Crippen molar-refractivity contribution in [2.75, 3.05) is 39.4 Å². The van der Waals surface area contributed by atoms with Crippen molar-refractivity contribution in [2.45, 2.75) is 19.4 Å². The second-order valence-electron chi connectivity index (χ2n) is 6.38. The number of para-hydroxylation sites is 1. The Morgan fingerprint density at radius 1 is 1.15 bits per heavy atom. The van der Waals surface area contributed by atoms with Gasteiger partial charge >= 0.3 is 0 Å². The van der Waals surface area contributed by atoms with Crippen molar-refractivity contribution in [3.05, 3.63) is 51.4 Å². The van der Waals surface area contributed by atoms with Crippen LogP contribution in [0.4, 0.5) is 5.69 Å². The van der Waals surface area contributed by atoms with Gasteiger partial charge in [0.15, 0.2) is 0 Å². The lowest BCUT2D eigenvalue weighted by Gasteiger charge is -2.26. The maximum absolute atomic E-state index is 11.2. The van der Waals surface area contributed by atoms with Crippen molar-refractivity contribution in [1.82, 2.24) is 10.2 Å². The van der Waals surface area contributed by atoms with Gasteiger partial charge < -0.3 is 10.1 Å². The maximum Gasteiger partial charge on any atom is 0.278 e. The third-order valence-electron chi connectivity index (χ3n) is 4.51. The van der Waals surface area contributed by atoms with E-state index in [2.05, 4.69) is 16.3 Å². The van der Waals surface area contributed by atoms with Gasteiger partial charge in [-0.1, -0.05) is 12.1 Å². The molecule has 0 atom stereocenters. The molecule has 0 bridgehead atoms. The highest BCUT2D eigenvalue weighted by atomic mass is 32.1. The largest absolute Gasteiger partial charge is 0.379 e. The fourth-order valence-electron chi connectivity index (χ4n) is 3.08. The highest BCUT2D eigenvalue weighted by molar-refractivity contribution is 7.15. The topological polar surface area (TPSA) is 67.6 Å². The molecule has 2 aromatic rings. The zero-order valence-corrected chi connectivity index (χ0v) is 15.7. The van der Waals surface area contributed by atoms with E-state index in [0.29, 0.717) is 5.56 Å². The number of hydrogen-bond donors (Lipinski definition) is 1. The molecule has 1 N–H and O–H groups in total. The zero-order valence-electron chi connectivity index (χ0n) is 14.9. The lowest BCUT2D eigenvalue weighted by molar-refractivity contribution is -0.384. The molecule has 3 rings (SSSR count). The van der Waals surface area contributed by atoms with Crippen molar-refractivity contribution in [3.63, 3.8) is 0 Å². The van der Waals surface area contributed by atoms with Gasteiger partial charge in [0.05, 0.1) is 23.7 Å². The SMILES string of the molecule is O=[N+]([O-])c1ccccc1-c1ccc(CNCCCCN2CCOCC2)s1. The van der Waals surface area contributed by atoms with Crippen LogP contribution in [0.1, 0.15) is 17.7 Å². The molecule has 0 saturated carbocycles. The molecule has 1 aliphatic heterocycles. The molecule has 0 spiro atoms. The number of ether oxygens (including phenoxy) is 1. The molecule has 0 amide bonds. The molecule has 1 aromatic carbocycles. The van der Waals surface area contributed by atoms with Crippen LogP contribution in [0.3, 0.4) is 0 Å². The van der Waals surface area contributed by atoms with E-state index in [4.69, 9.17) is 4.74 Å². The molecular weight excluding hydrogens is 350 g/mol.